The first kappa shape index (κ1) is 16.4. The highest BCUT2D eigenvalue weighted by atomic mass is 16.6. The second-order valence-electron chi connectivity index (χ2n) is 5.41. The molecular formula is C16H14N4O5. The van der Waals surface area contributed by atoms with Crippen molar-refractivity contribution in [3.05, 3.63) is 63.9 Å². The van der Waals surface area contributed by atoms with Crippen LogP contribution in [0.4, 0.5) is 5.88 Å². The summed E-state index contributed by atoms with van der Waals surface area (Å²) in [5.74, 6) is -2.41. The van der Waals surface area contributed by atoms with Crippen molar-refractivity contribution in [2.24, 2.45) is 11.0 Å². The fourth-order valence-corrected chi connectivity index (χ4v) is 2.67. The predicted molar refractivity (Wildman–Crippen MR) is 86.8 cm³/mol. The lowest BCUT2D eigenvalue weighted by Gasteiger charge is -2.15. The Bertz CT molecular complexity index is 830. The molecule has 0 saturated carbocycles. The molecule has 2 amide bonds. The third-order valence-electron chi connectivity index (χ3n) is 3.85. The lowest BCUT2D eigenvalue weighted by molar-refractivity contribution is -0.402. The van der Waals surface area contributed by atoms with Crippen molar-refractivity contribution in [3.8, 4) is 0 Å². The van der Waals surface area contributed by atoms with Crippen LogP contribution in [0.3, 0.4) is 0 Å². The summed E-state index contributed by atoms with van der Waals surface area (Å²) in [5.41, 5.74) is 3.16. The largest absolute Gasteiger partial charge is 0.433 e. The van der Waals surface area contributed by atoms with Gasteiger partial charge in [0.25, 0.3) is 5.91 Å². The maximum atomic E-state index is 12.3. The highest BCUT2D eigenvalue weighted by molar-refractivity contribution is 6.03. The number of benzene rings is 1. The van der Waals surface area contributed by atoms with Crippen molar-refractivity contribution >= 4 is 23.9 Å². The number of nitro groups is 1. The molecule has 1 saturated heterocycles. The molecule has 0 aliphatic carbocycles. The van der Waals surface area contributed by atoms with Crippen molar-refractivity contribution < 1.29 is 18.9 Å². The third kappa shape index (κ3) is 3.55. The molecule has 9 heteroatoms. The minimum Gasteiger partial charge on any atom is -0.400 e. The number of hydrogen-bond donors (Lipinski definition) is 2. The molecule has 2 heterocycles. The molecule has 0 bridgehead atoms. The number of carbonyl (C=O) groups excluding carboxylic acids is 2. The fourth-order valence-electron chi connectivity index (χ4n) is 2.67. The van der Waals surface area contributed by atoms with E-state index in [1.807, 2.05) is 30.3 Å². The van der Waals surface area contributed by atoms with E-state index in [1.54, 1.807) is 0 Å². The summed E-state index contributed by atoms with van der Waals surface area (Å²) in [7, 11) is 0. The zero-order valence-electron chi connectivity index (χ0n) is 12.9. The molecular weight excluding hydrogens is 328 g/mol. The predicted octanol–water partition coefficient (Wildman–Crippen LogP) is 1.17. The SMILES string of the molecule is O=C1NC[C@H](c2ccccc2)[C@H]1C(=O)N/N=C\c1ccc([N+](=O)[O-])o1. The number of carbonyl (C=O) groups is 2. The standard InChI is InChI=1S/C16H14N4O5/c21-15-14(12(9-17-15)10-4-2-1-3-5-10)16(22)19-18-8-11-6-7-13(25-11)20(23)24/h1-8,12,14H,9H2,(H,17,21)(H,19,22)/b18-8-/t12-,14-/m1/s1. The topological polar surface area (TPSA) is 127 Å². The number of hydrazone groups is 1. The Hall–Kier alpha value is -3.49. The summed E-state index contributed by atoms with van der Waals surface area (Å²) in [6.45, 7) is 0.370. The van der Waals surface area contributed by atoms with Gasteiger partial charge in [0, 0.05) is 12.5 Å². The van der Waals surface area contributed by atoms with E-state index in [1.165, 1.54) is 12.1 Å². The van der Waals surface area contributed by atoms with E-state index in [2.05, 4.69) is 15.8 Å². The number of nitrogens with one attached hydrogen (secondary N) is 2. The number of hydrogen-bond acceptors (Lipinski definition) is 6. The minimum atomic E-state index is -0.898. The quantitative estimate of drug-likeness (QED) is 0.365. The molecule has 2 atom stereocenters. The lowest BCUT2D eigenvalue weighted by Crippen LogP contribution is -2.34. The zero-order chi connectivity index (χ0) is 17.8. The van der Waals surface area contributed by atoms with Crippen LogP contribution >= 0.6 is 0 Å². The molecule has 2 N–H and O–H groups in total. The van der Waals surface area contributed by atoms with E-state index in [9.17, 15) is 19.7 Å². The van der Waals surface area contributed by atoms with Crippen LogP contribution in [0.1, 0.15) is 17.2 Å². The van der Waals surface area contributed by atoms with Gasteiger partial charge in [-0.3, -0.25) is 19.7 Å². The van der Waals surface area contributed by atoms with Gasteiger partial charge >= 0.3 is 5.88 Å². The van der Waals surface area contributed by atoms with Crippen LogP contribution in [-0.2, 0) is 9.59 Å². The van der Waals surface area contributed by atoms with Crippen LogP contribution in [0.25, 0.3) is 0 Å². The monoisotopic (exact) mass is 342 g/mol. The maximum absolute atomic E-state index is 12.3. The molecule has 1 aromatic carbocycles. The average molecular weight is 342 g/mol. The molecule has 1 aromatic heterocycles. The van der Waals surface area contributed by atoms with E-state index in [0.29, 0.717) is 6.54 Å². The normalized spacial score (nSPS) is 19.8. The smallest absolute Gasteiger partial charge is 0.400 e. The molecule has 2 aromatic rings. The minimum absolute atomic E-state index is 0.113. The molecule has 25 heavy (non-hydrogen) atoms. The van der Waals surface area contributed by atoms with Gasteiger partial charge in [-0.15, -0.1) is 0 Å². The van der Waals surface area contributed by atoms with E-state index in [0.717, 1.165) is 11.8 Å². The highest BCUT2D eigenvalue weighted by Crippen LogP contribution is 2.28. The van der Waals surface area contributed by atoms with Crippen LogP contribution in [0.2, 0.25) is 0 Å². The number of rotatable bonds is 5. The van der Waals surface area contributed by atoms with Crippen LogP contribution < -0.4 is 10.7 Å². The van der Waals surface area contributed by atoms with Crippen molar-refractivity contribution in [3.63, 3.8) is 0 Å². The zero-order valence-corrected chi connectivity index (χ0v) is 12.9. The third-order valence-corrected chi connectivity index (χ3v) is 3.85. The van der Waals surface area contributed by atoms with Gasteiger partial charge in [-0.2, -0.15) is 5.10 Å². The Morgan fingerprint density at radius 2 is 2.08 bits per heavy atom. The molecule has 1 aliphatic rings. The van der Waals surface area contributed by atoms with Crippen molar-refractivity contribution in [1.29, 1.82) is 0 Å². The summed E-state index contributed by atoms with van der Waals surface area (Å²) < 4.78 is 4.88. The molecule has 1 aliphatic heterocycles. The van der Waals surface area contributed by atoms with Gasteiger partial charge in [0.15, 0.2) is 5.76 Å². The Morgan fingerprint density at radius 1 is 1.32 bits per heavy atom. The summed E-state index contributed by atoms with van der Waals surface area (Å²) in [6.07, 6.45) is 1.13. The molecule has 1 fully saturated rings. The van der Waals surface area contributed by atoms with Gasteiger partial charge in [-0.25, -0.2) is 5.43 Å². The van der Waals surface area contributed by atoms with E-state index < -0.39 is 22.6 Å². The molecule has 128 valence electrons. The number of amides is 2. The van der Waals surface area contributed by atoms with Gasteiger partial charge < -0.3 is 9.73 Å². The molecule has 0 radical (unpaired) electrons. The number of furan rings is 1. The average Bonchev–Trinajstić information content (AvgIpc) is 3.22. The highest BCUT2D eigenvalue weighted by Gasteiger charge is 2.40. The van der Waals surface area contributed by atoms with Crippen molar-refractivity contribution in [2.45, 2.75) is 5.92 Å². The molecule has 0 spiro atoms. The Kier molecular flexibility index (Phi) is 4.55. The lowest BCUT2D eigenvalue weighted by atomic mass is 9.88. The van der Waals surface area contributed by atoms with Crippen molar-refractivity contribution in [1.82, 2.24) is 10.7 Å². The van der Waals surface area contributed by atoms with Gasteiger partial charge in [0.2, 0.25) is 5.91 Å². The summed E-state index contributed by atoms with van der Waals surface area (Å²) >= 11 is 0. The van der Waals surface area contributed by atoms with Gasteiger partial charge in [0.05, 0.1) is 12.3 Å². The Morgan fingerprint density at radius 3 is 2.76 bits per heavy atom. The van der Waals surface area contributed by atoms with Crippen LogP contribution in [0.15, 0.2) is 52.0 Å². The first-order valence-corrected chi connectivity index (χ1v) is 7.46. The Labute approximate surface area is 141 Å². The van der Waals surface area contributed by atoms with Crippen LogP contribution in [-0.4, -0.2) is 29.5 Å². The van der Waals surface area contributed by atoms with Gasteiger partial charge in [-0.1, -0.05) is 30.3 Å². The summed E-state index contributed by atoms with van der Waals surface area (Å²) in [4.78, 5) is 34.2. The Balaban J connectivity index is 1.67. The second kappa shape index (κ2) is 6.95. The molecule has 9 nitrogen and oxygen atoms in total. The van der Waals surface area contributed by atoms with E-state index >= 15 is 0 Å². The molecule has 3 rings (SSSR count). The number of nitrogens with zero attached hydrogens (tertiary/aromatic N) is 2. The van der Waals surface area contributed by atoms with E-state index in [4.69, 9.17) is 4.42 Å². The summed E-state index contributed by atoms with van der Waals surface area (Å²) in [6, 6.07) is 11.8. The van der Waals surface area contributed by atoms with E-state index in [-0.39, 0.29) is 17.6 Å². The first-order valence-electron chi connectivity index (χ1n) is 7.46. The van der Waals surface area contributed by atoms with Crippen molar-refractivity contribution in [2.75, 3.05) is 6.54 Å². The molecule has 0 unspecified atom stereocenters. The maximum Gasteiger partial charge on any atom is 0.433 e. The van der Waals surface area contributed by atoms with Crippen LogP contribution in [0, 0.1) is 16.0 Å². The van der Waals surface area contributed by atoms with Gasteiger partial charge in [0.1, 0.15) is 10.8 Å². The van der Waals surface area contributed by atoms with Gasteiger partial charge in [-0.05, 0) is 11.6 Å². The fraction of sp³-hybridized carbons (Fsp3) is 0.188. The summed E-state index contributed by atoms with van der Waals surface area (Å²) in [5, 5.41) is 16.9. The second-order valence-corrected chi connectivity index (χ2v) is 5.41. The van der Waals surface area contributed by atoms with Crippen LogP contribution in [0.5, 0.6) is 0 Å². The first-order chi connectivity index (χ1) is 12.1.